The van der Waals surface area contributed by atoms with Crippen LogP contribution in [0.25, 0.3) is 11.2 Å². The Bertz CT molecular complexity index is 504. The molecule has 0 aromatic carbocycles. The molecule has 0 saturated heterocycles. The number of aromatic nitrogens is 4. The van der Waals surface area contributed by atoms with Crippen molar-refractivity contribution >= 4 is 17.0 Å². The van der Waals surface area contributed by atoms with E-state index in [1.54, 1.807) is 0 Å². The highest BCUT2D eigenvalue weighted by atomic mass is 15.1. The molecule has 0 amide bonds. The first kappa shape index (κ1) is 11.8. The predicted molar refractivity (Wildman–Crippen MR) is 67.3 cm³/mol. The maximum absolute atomic E-state index is 5.79. The summed E-state index contributed by atoms with van der Waals surface area (Å²) in [7, 11) is 0. The van der Waals surface area contributed by atoms with Crippen LogP contribution >= 0.6 is 0 Å². The maximum Gasteiger partial charge on any atom is 0.183 e. The Morgan fingerprint density at radius 2 is 2.12 bits per heavy atom. The quantitative estimate of drug-likeness (QED) is 0.732. The number of nitrogens with zero attached hydrogens (tertiary/aromatic N) is 3. The number of rotatable bonds is 4. The second-order valence-electron chi connectivity index (χ2n) is 4.64. The van der Waals surface area contributed by atoms with Gasteiger partial charge < -0.3 is 16.5 Å². The van der Waals surface area contributed by atoms with Gasteiger partial charge in [-0.25, -0.2) is 15.0 Å². The second-order valence-corrected chi connectivity index (χ2v) is 4.64. The molecule has 2 aromatic heterocycles. The fraction of sp³-hybridized carbons (Fsp3) is 0.545. The summed E-state index contributed by atoms with van der Waals surface area (Å²) >= 11 is 0. The number of fused-ring (bicyclic) bond motifs is 1. The molecule has 0 saturated carbocycles. The molecule has 1 atom stereocenters. The van der Waals surface area contributed by atoms with Crippen LogP contribution in [0.5, 0.6) is 0 Å². The van der Waals surface area contributed by atoms with Crippen molar-refractivity contribution in [3.8, 4) is 0 Å². The van der Waals surface area contributed by atoms with E-state index in [0.29, 0.717) is 29.4 Å². The number of nitrogens with one attached hydrogen (secondary N) is 1. The highest BCUT2D eigenvalue weighted by Gasteiger charge is 2.17. The monoisotopic (exact) mass is 234 g/mol. The number of nitrogen functional groups attached to an aromatic ring is 1. The average Bonchev–Trinajstić information content (AvgIpc) is 2.70. The Labute approximate surface area is 99.9 Å². The third kappa shape index (κ3) is 2.36. The lowest BCUT2D eigenvalue weighted by atomic mass is 9.97. The molecule has 2 heterocycles. The van der Waals surface area contributed by atoms with Gasteiger partial charge in [-0.05, 0) is 12.3 Å². The summed E-state index contributed by atoms with van der Waals surface area (Å²) in [5.74, 6) is 2.06. The summed E-state index contributed by atoms with van der Waals surface area (Å²) in [4.78, 5) is 15.6. The largest absolute Gasteiger partial charge is 0.382 e. The van der Waals surface area contributed by atoms with E-state index in [1.807, 2.05) is 0 Å². The first-order valence-corrected chi connectivity index (χ1v) is 5.78. The van der Waals surface area contributed by atoms with E-state index >= 15 is 0 Å². The summed E-state index contributed by atoms with van der Waals surface area (Å²) in [5, 5.41) is 0. The van der Waals surface area contributed by atoms with Crippen molar-refractivity contribution < 1.29 is 0 Å². The molecule has 17 heavy (non-hydrogen) atoms. The maximum atomic E-state index is 5.79. The normalized spacial score (nSPS) is 13.4. The molecule has 0 spiro atoms. The summed E-state index contributed by atoms with van der Waals surface area (Å²) in [6.45, 7) is 4.89. The van der Waals surface area contributed by atoms with Crippen LogP contribution in [-0.4, -0.2) is 26.5 Å². The van der Waals surface area contributed by atoms with Gasteiger partial charge in [0.15, 0.2) is 11.5 Å². The first-order chi connectivity index (χ1) is 8.11. The summed E-state index contributed by atoms with van der Waals surface area (Å²) in [6.07, 6.45) is 2.41. The van der Waals surface area contributed by atoms with Crippen LogP contribution in [0.15, 0.2) is 6.33 Å². The van der Waals surface area contributed by atoms with Crippen molar-refractivity contribution in [3.05, 3.63) is 12.2 Å². The minimum Gasteiger partial charge on any atom is -0.382 e. The molecule has 0 aliphatic rings. The van der Waals surface area contributed by atoms with Crippen molar-refractivity contribution in [1.29, 1.82) is 0 Å². The van der Waals surface area contributed by atoms with Crippen molar-refractivity contribution in [2.75, 3.05) is 12.3 Å². The number of aromatic amines is 1. The Hall–Kier alpha value is -1.69. The van der Waals surface area contributed by atoms with Gasteiger partial charge in [0.2, 0.25) is 0 Å². The van der Waals surface area contributed by atoms with E-state index in [0.717, 1.165) is 12.2 Å². The summed E-state index contributed by atoms with van der Waals surface area (Å²) < 4.78 is 0. The number of imidazole rings is 1. The van der Waals surface area contributed by atoms with Crippen molar-refractivity contribution in [1.82, 2.24) is 19.9 Å². The zero-order valence-electron chi connectivity index (χ0n) is 10.1. The molecular formula is C11H18N6. The Balaban J connectivity index is 2.37. The van der Waals surface area contributed by atoms with Gasteiger partial charge in [0.25, 0.3) is 0 Å². The smallest absolute Gasteiger partial charge is 0.183 e. The Morgan fingerprint density at radius 3 is 2.71 bits per heavy atom. The zero-order chi connectivity index (χ0) is 12.4. The molecule has 6 nitrogen and oxygen atoms in total. The van der Waals surface area contributed by atoms with Crippen LogP contribution in [0.2, 0.25) is 0 Å². The fourth-order valence-corrected chi connectivity index (χ4v) is 1.95. The lowest BCUT2D eigenvalue weighted by Crippen LogP contribution is -2.15. The van der Waals surface area contributed by atoms with Gasteiger partial charge in [-0.1, -0.05) is 13.8 Å². The second kappa shape index (κ2) is 4.67. The zero-order valence-corrected chi connectivity index (χ0v) is 10.1. The lowest BCUT2D eigenvalue weighted by molar-refractivity contribution is 0.491. The van der Waals surface area contributed by atoms with Crippen molar-refractivity contribution in [2.45, 2.75) is 26.2 Å². The van der Waals surface area contributed by atoms with Crippen LogP contribution < -0.4 is 11.5 Å². The Morgan fingerprint density at radius 1 is 1.35 bits per heavy atom. The van der Waals surface area contributed by atoms with Gasteiger partial charge in [0.05, 0.1) is 0 Å². The highest BCUT2D eigenvalue weighted by Crippen LogP contribution is 2.23. The summed E-state index contributed by atoms with van der Waals surface area (Å²) in [5.41, 5.74) is 12.8. The van der Waals surface area contributed by atoms with Gasteiger partial charge in [-0.3, -0.25) is 0 Å². The fourth-order valence-electron chi connectivity index (χ4n) is 1.95. The standard InChI is InChI=1S/C11H18N6/c1-6(2)3-7(4-12)10-16-8-9(13)14-5-15-11(8)17-10/h5-7H,3-4,12H2,1-2H3,(H3,13,14,15,16,17). The molecule has 5 N–H and O–H groups in total. The van der Waals surface area contributed by atoms with E-state index in [1.165, 1.54) is 6.33 Å². The molecule has 0 aliphatic heterocycles. The number of hydrogen-bond acceptors (Lipinski definition) is 5. The molecule has 1 unspecified atom stereocenters. The third-order valence-electron chi connectivity index (χ3n) is 2.76. The molecule has 0 fully saturated rings. The molecule has 0 bridgehead atoms. The van der Waals surface area contributed by atoms with Gasteiger partial charge in [0.1, 0.15) is 17.7 Å². The van der Waals surface area contributed by atoms with Gasteiger partial charge in [-0.15, -0.1) is 0 Å². The van der Waals surface area contributed by atoms with E-state index < -0.39 is 0 Å². The van der Waals surface area contributed by atoms with Crippen LogP contribution in [-0.2, 0) is 0 Å². The van der Waals surface area contributed by atoms with E-state index in [-0.39, 0.29) is 5.92 Å². The van der Waals surface area contributed by atoms with E-state index in [4.69, 9.17) is 11.5 Å². The highest BCUT2D eigenvalue weighted by molar-refractivity contribution is 5.81. The SMILES string of the molecule is CC(C)CC(CN)c1nc2ncnc(N)c2[nH]1. The number of nitrogens with two attached hydrogens (primary N) is 2. The van der Waals surface area contributed by atoms with Crippen LogP contribution in [0, 0.1) is 5.92 Å². The van der Waals surface area contributed by atoms with Crippen LogP contribution in [0.1, 0.15) is 32.0 Å². The van der Waals surface area contributed by atoms with Gasteiger partial charge in [0, 0.05) is 12.5 Å². The Kier molecular flexibility index (Phi) is 3.23. The van der Waals surface area contributed by atoms with Crippen LogP contribution in [0.4, 0.5) is 5.82 Å². The first-order valence-electron chi connectivity index (χ1n) is 5.78. The van der Waals surface area contributed by atoms with Gasteiger partial charge >= 0.3 is 0 Å². The van der Waals surface area contributed by atoms with Crippen molar-refractivity contribution in [3.63, 3.8) is 0 Å². The molecule has 2 aromatic rings. The molecule has 2 rings (SSSR count). The molecule has 0 radical (unpaired) electrons. The molecule has 92 valence electrons. The minimum atomic E-state index is 0.212. The third-order valence-corrected chi connectivity index (χ3v) is 2.76. The average molecular weight is 234 g/mol. The van der Waals surface area contributed by atoms with Crippen LogP contribution in [0.3, 0.4) is 0 Å². The topological polar surface area (TPSA) is 106 Å². The van der Waals surface area contributed by atoms with E-state index in [9.17, 15) is 0 Å². The number of anilines is 1. The molecule has 0 aliphatic carbocycles. The van der Waals surface area contributed by atoms with Gasteiger partial charge in [-0.2, -0.15) is 0 Å². The number of H-pyrrole nitrogens is 1. The van der Waals surface area contributed by atoms with E-state index in [2.05, 4.69) is 33.8 Å². The number of hydrogen-bond donors (Lipinski definition) is 3. The minimum absolute atomic E-state index is 0.212. The molecule has 6 heteroatoms. The molecular weight excluding hydrogens is 216 g/mol. The summed E-state index contributed by atoms with van der Waals surface area (Å²) in [6, 6.07) is 0. The predicted octanol–water partition coefficient (Wildman–Crippen LogP) is 1.02. The lowest BCUT2D eigenvalue weighted by Gasteiger charge is -2.13. The van der Waals surface area contributed by atoms with Crippen molar-refractivity contribution in [2.24, 2.45) is 11.7 Å².